The van der Waals surface area contributed by atoms with E-state index in [1.165, 1.54) is 5.56 Å². The molecule has 1 aromatic heterocycles. The predicted molar refractivity (Wildman–Crippen MR) is 95.1 cm³/mol. The van der Waals surface area contributed by atoms with Gasteiger partial charge in [-0.25, -0.2) is 4.98 Å². The number of thiazole rings is 1. The van der Waals surface area contributed by atoms with Crippen molar-refractivity contribution in [2.24, 2.45) is 0 Å². The van der Waals surface area contributed by atoms with Gasteiger partial charge in [-0.2, -0.15) is 0 Å². The molecule has 2 aliphatic heterocycles. The van der Waals surface area contributed by atoms with Gasteiger partial charge in [0.15, 0.2) is 0 Å². The van der Waals surface area contributed by atoms with Gasteiger partial charge in [0.1, 0.15) is 10.8 Å². The molecule has 0 radical (unpaired) electrons. The van der Waals surface area contributed by atoms with Gasteiger partial charge in [-0.1, -0.05) is 6.07 Å². The Hall–Kier alpha value is -2.14. The summed E-state index contributed by atoms with van der Waals surface area (Å²) in [7, 11) is 0. The van der Waals surface area contributed by atoms with E-state index in [0.29, 0.717) is 0 Å². The molecule has 0 saturated carbocycles. The number of carbonyl (C=O) groups excluding carboxylic acids is 1. The summed E-state index contributed by atoms with van der Waals surface area (Å²) in [4.78, 5) is 19.1. The van der Waals surface area contributed by atoms with E-state index in [4.69, 9.17) is 4.74 Å². The lowest BCUT2D eigenvalue weighted by molar-refractivity contribution is -0.129. The standard InChI is InChI=1S/C19H20N2O2S/c22-18(7-5-14-4-6-17-15(13-14)8-11-23-17)21-10-2-1-3-16(21)19-20-9-12-24-19/h4-7,9,12-13,16H,1-3,8,10-11H2/b7-5-/t16-/m1/s1. The molecular weight excluding hydrogens is 320 g/mol. The van der Waals surface area contributed by atoms with Crippen molar-refractivity contribution in [3.63, 3.8) is 0 Å². The molecule has 2 aliphatic rings. The number of fused-ring (bicyclic) bond motifs is 1. The zero-order valence-electron chi connectivity index (χ0n) is 13.5. The van der Waals surface area contributed by atoms with E-state index in [2.05, 4.69) is 11.1 Å². The van der Waals surface area contributed by atoms with Gasteiger partial charge >= 0.3 is 0 Å². The van der Waals surface area contributed by atoms with Gasteiger partial charge in [0.2, 0.25) is 5.91 Å². The number of ether oxygens (including phenoxy) is 1. The predicted octanol–water partition coefficient (Wildman–Crippen LogP) is 3.85. The fraction of sp³-hybridized carbons (Fsp3) is 0.368. The highest BCUT2D eigenvalue weighted by atomic mass is 32.1. The topological polar surface area (TPSA) is 42.4 Å². The highest BCUT2D eigenvalue weighted by molar-refractivity contribution is 7.09. The van der Waals surface area contributed by atoms with Crippen molar-refractivity contribution in [1.29, 1.82) is 0 Å². The van der Waals surface area contributed by atoms with E-state index >= 15 is 0 Å². The van der Waals surface area contributed by atoms with Crippen molar-refractivity contribution in [3.8, 4) is 5.75 Å². The number of likely N-dealkylation sites (tertiary alicyclic amines) is 1. The zero-order valence-corrected chi connectivity index (χ0v) is 14.3. The van der Waals surface area contributed by atoms with Crippen LogP contribution in [-0.4, -0.2) is 28.9 Å². The van der Waals surface area contributed by atoms with E-state index in [1.807, 2.05) is 34.7 Å². The summed E-state index contributed by atoms with van der Waals surface area (Å²) in [5.41, 5.74) is 2.28. The molecule has 1 aromatic carbocycles. The average Bonchev–Trinajstić information content (AvgIpc) is 3.30. The molecule has 124 valence electrons. The van der Waals surface area contributed by atoms with Gasteiger partial charge in [-0.05, 0) is 48.6 Å². The van der Waals surface area contributed by atoms with E-state index in [-0.39, 0.29) is 11.9 Å². The summed E-state index contributed by atoms with van der Waals surface area (Å²) < 4.78 is 5.52. The number of benzene rings is 1. The van der Waals surface area contributed by atoms with Crippen molar-refractivity contribution in [1.82, 2.24) is 9.88 Å². The second-order valence-corrected chi connectivity index (χ2v) is 7.14. The maximum atomic E-state index is 12.7. The molecule has 2 aromatic rings. The summed E-state index contributed by atoms with van der Waals surface area (Å²) in [6.07, 6.45) is 9.60. The van der Waals surface area contributed by atoms with Crippen LogP contribution in [0.25, 0.3) is 6.08 Å². The SMILES string of the molecule is O=C(/C=C\c1ccc2c(c1)CCO2)N1CCCC[C@@H]1c1nccs1. The molecule has 0 unspecified atom stereocenters. The van der Waals surface area contributed by atoms with Crippen LogP contribution in [0, 0.1) is 0 Å². The van der Waals surface area contributed by atoms with E-state index in [0.717, 1.165) is 55.2 Å². The van der Waals surface area contributed by atoms with Crippen molar-refractivity contribution in [3.05, 3.63) is 52.0 Å². The van der Waals surface area contributed by atoms with Crippen molar-refractivity contribution in [2.75, 3.05) is 13.2 Å². The molecule has 4 nitrogen and oxygen atoms in total. The largest absolute Gasteiger partial charge is 0.493 e. The third-order valence-electron chi connectivity index (χ3n) is 4.65. The minimum Gasteiger partial charge on any atom is -0.493 e. The van der Waals surface area contributed by atoms with Crippen LogP contribution < -0.4 is 4.74 Å². The third-order valence-corrected chi connectivity index (χ3v) is 5.53. The number of nitrogens with zero attached hydrogens (tertiary/aromatic N) is 2. The van der Waals surface area contributed by atoms with E-state index in [1.54, 1.807) is 17.4 Å². The second-order valence-electron chi connectivity index (χ2n) is 6.21. The van der Waals surface area contributed by atoms with Gasteiger partial charge in [0.25, 0.3) is 0 Å². The molecule has 0 N–H and O–H groups in total. The minimum atomic E-state index is 0.0756. The summed E-state index contributed by atoms with van der Waals surface area (Å²) >= 11 is 1.64. The molecule has 0 aliphatic carbocycles. The Labute approximate surface area is 145 Å². The normalized spacial score (nSPS) is 20.2. The first-order valence-electron chi connectivity index (χ1n) is 8.45. The lowest BCUT2D eigenvalue weighted by Crippen LogP contribution is -2.37. The number of hydrogen-bond acceptors (Lipinski definition) is 4. The number of aromatic nitrogens is 1. The van der Waals surface area contributed by atoms with Crippen LogP contribution in [0.5, 0.6) is 5.75 Å². The molecule has 4 rings (SSSR count). The molecule has 1 saturated heterocycles. The molecule has 5 heteroatoms. The van der Waals surface area contributed by atoms with Crippen LogP contribution in [0.1, 0.15) is 41.4 Å². The molecule has 0 spiro atoms. The van der Waals surface area contributed by atoms with Gasteiger partial charge in [-0.15, -0.1) is 11.3 Å². The van der Waals surface area contributed by atoms with E-state index < -0.39 is 0 Å². The molecule has 0 bridgehead atoms. The lowest BCUT2D eigenvalue weighted by Gasteiger charge is -2.33. The van der Waals surface area contributed by atoms with Crippen molar-refractivity contribution < 1.29 is 9.53 Å². The summed E-state index contributed by atoms with van der Waals surface area (Å²) in [5, 5.41) is 3.03. The number of hydrogen-bond donors (Lipinski definition) is 0. The van der Waals surface area contributed by atoms with Crippen LogP contribution >= 0.6 is 11.3 Å². The molecule has 24 heavy (non-hydrogen) atoms. The van der Waals surface area contributed by atoms with Crippen LogP contribution in [0.15, 0.2) is 35.9 Å². The lowest BCUT2D eigenvalue weighted by atomic mass is 10.0. The number of carbonyl (C=O) groups is 1. The van der Waals surface area contributed by atoms with Crippen LogP contribution in [0.3, 0.4) is 0 Å². The van der Waals surface area contributed by atoms with Crippen molar-refractivity contribution in [2.45, 2.75) is 31.7 Å². The summed E-state index contributed by atoms with van der Waals surface area (Å²) in [5.74, 6) is 1.05. The zero-order chi connectivity index (χ0) is 16.4. The quantitative estimate of drug-likeness (QED) is 0.797. The Morgan fingerprint density at radius 2 is 2.33 bits per heavy atom. The first-order chi connectivity index (χ1) is 11.8. The smallest absolute Gasteiger partial charge is 0.247 e. The summed E-state index contributed by atoms with van der Waals surface area (Å²) in [6.45, 7) is 1.57. The first kappa shape index (κ1) is 15.4. The molecule has 1 atom stereocenters. The number of piperidine rings is 1. The maximum absolute atomic E-state index is 12.7. The third kappa shape index (κ3) is 3.08. The molecular formula is C19H20N2O2S. The monoisotopic (exact) mass is 340 g/mol. The van der Waals surface area contributed by atoms with E-state index in [9.17, 15) is 4.79 Å². The van der Waals surface area contributed by atoms with Gasteiger partial charge in [-0.3, -0.25) is 4.79 Å². The Bertz CT molecular complexity index is 755. The summed E-state index contributed by atoms with van der Waals surface area (Å²) in [6, 6.07) is 6.23. The minimum absolute atomic E-state index is 0.0756. The van der Waals surface area contributed by atoms with Gasteiger partial charge < -0.3 is 9.64 Å². The van der Waals surface area contributed by atoms with Crippen molar-refractivity contribution >= 4 is 23.3 Å². The Morgan fingerprint density at radius 3 is 3.21 bits per heavy atom. The first-order valence-corrected chi connectivity index (χ1v) is 9.33. The van der Waals surface area contributed by atoms with Gasteiger partial charge in [0.05, 0.1) is 12.6 Å². The average molecular weight is 340 g/mol. The van der Waals surface area contributed by atoms with Crippen LogP contribution in [0.4, 0.5) is 0 Å². The van der Waals surface area contributed by atoms with Gasteiger partial charge in [0, 0.05) is 30.6 Å². The number of rotatable bonds is 3. The molecule has 3 heterocycles. The maximum Gasteiger partial charge on any atom is 0.247 e. The van der Waals surface area contributed by atoms with Crippen LogP contribution in [-0.2, 0) is 11.2 Å². The highest BCUT2D eigenvalue weighted by Crippen LogP contribution is 2.32. The fourth-order valence-corrected chi connectivity index (χ4v) is 4.21. The molecule has 1 fully saturated rings. The highest BCUT2D eigenvalue weighted by Gasteiger charge is 2.28. The molecule has 1 amide bonds. The Morgan fingerprint density at radius 1 is 1.38 bits per heavy atom. The second kappa shape index (κ2) is 6.77. The Balaban J connectivity index is 1.50. The van der Waals surface area contributed by atoms with Crippen LogP contribution in [0.2, 0.25) is 0 Å². The number of amides is 1. The Kier molecular flexibility index (Phi) is 4.34. The fourth-order valence-electron chi connectivity index (χ4n) is 3.42.